The summed E-state index contributed by atoms with van der Waals surface area (Å²) in [4.78, 5) is 0. The third-order valence-electron chi connectivity index (χ3n) is 4.26. The van der Waals surface area contributed by atoms with E-state index >= 15 is 0 Å². The lowest BCUT2D eigenvalue weighted by atomic mass is 9.78. The maximum atomic E-state index is 14.2. The van der Waals surface area contributed by atoms with E-state index < -0.39 is 6.67 Å². The van der Waals surface area contributed by atoms with Crippen LogP contribution in [0.25, 0.3) is 11.1 Å². The number of hydrogen-bond donors (Lipinski definition) is 1. The SMILES string of the molecule is Cc1cc(F)c(-c2ccc([C@H]3[C@H](C#N)N[C@H]3CF)cc2)c(Cl)c1. The van der Waals surface area contributed by atoms with Gasteiger partial charge in [-0.15, -0.1) is 0 Å². The summed E-state index contributed by atoms with van der Waals surface area (Å²) >= 11 is 6.16. The Morgan fingerprint density at radius 1 is 1.26 bits per heavy atom. The van der Waals surface area contributed by atoms with Gasteiger partial charge in [0.05, 0.1) is 11.1 Å². The number of benzene rings is 2. The molecule has 1 heterocycles. The summed E-state index contributed by atoms with van der Waals surface area (Å²) in [5.74, 6) is -0.554. The Kier molecular flexibility index (Phi) is 4.34. The van der Waals surface area contributed by atoms with Gasteiger partial charge in [-0.1, -0.05) is 35.9 Å². The maximum absolute atomic E-state index is 14.2. The highest BCUT2D eigenvalue weighted by Gasteiger charge is 2.41. The number of nitrogens with zero attached hydrogens (tertiary/aromatic N) is 1. The highest BCUT2D eigenvalue weighted by molar-refractivity contribution is 6.33. The summed E-state index contributed by atoms with van der Waals surface area (Å²) in [7, 11) is 0. The van der Waals surface area contributed by atoms with E-state index in [-0.39, 0.29) is 23.8 Å². The Labute approximate surface area is 138 Å². The molecule has 1 N–H and O–H groups in total. The van der Waals surface area contributed by atoms with Gasteiger partial charge in [0.1, 0.15) is 18.5 Å². The number of halogens is 3. The van der Waals surface area contributed by atoms with Crippen LogP contribution in [0.1, 0.15) is 17.0 Å². The number of alkyl halides is 1. The summed E-state index contributed by atoms with van der Waals surface area (Å²) < 4.78 is 27.1. The quantitative estimate of drug-likeness (QED) is 0.905. The van der Waals surface area contributed by atoms with Crippen LogP contribution < -0.4 is 5.32 Å². The third-order valence-corrected chi connectivity index (χ3v) is 4.56. The first kappa shape index (κ1) is 15.9. The molecule has 0 bridgehead atoms. The fourth-order valence-electron chi connectivity index (χ4n) is 3.08. The van der Waals surface area contributed by atoms with E-state index in [2.05, 4.69) is 11.4 Å². The summed E-state index contributed by atoms with van der Waals surface area (Å²) in [6.45, 7) is 1.26. The lowest BCUT2D eigenvalue weighted by Crippen LogP contribution is -2.59. The first-order chi connectivity index (χ1) is 11.0. The van der Waals surface area contributed by atoms with Gasteiger partial charge in [-0.05, 0) is 35.7 Å². The zero-order valence-corrected chi connectivity index (χ0v) is 13.2. The second-order valence-electron chi connectivity index (χ2n) is 5.79. The van der Waals surface area contributed by atoms with Crippen molar-refractivity contribution in [2.75, 3.05) is 6.67 Å². The minimum atomic E-state index is -0.525. The third kappa shape index (κ3) is 2.83. The lowest BCUT2D eigenvalue weighted by Gasteiger charge is -2.41. The molecule has 0 saturated carbocycles. The average Bonchev–Trinajstić information content (AvgIpc) is 2.48. The van der Waals surface area contributed by atoms with Crippen LogP contribution in [-0.4, -0.2) is 18.8 Å². The van der Waals surface area contributed by atoms with Crippen molar-refractivity contribution in [3.05, 3.63) is 58.4 Å². The van der Waals surface area contributed by atoms with E-state index in [0.717, 1.165) is 11.1 Å². The summed E-state index contributed by atoms with van der Waals surface area (Å²) in [6.07, 6.45) is 0. The molecule has 1 fully saturated rings. The normalized spacial score (nSPS) is 23.2. The van der Waals surface area contributed by atoms with Crippen LogP contribution in [0.15, 0.2) is 36.4 Å². The van der Waals surface area contributed by atoms with E-state index in [0.29, 0.717) is 16.1 Å². The molecule has 1 aliphatic rings. The molecule has 1 saturated heterocycles. The molecule has 1 aliphatic heterocycles. The fourth-order valence-corrected chi connectivity index (χ4v) is 3.45. The van der Waals surface area contributed by atoms with Crippen LogP contribution in [0, 0.1) is 24.1 Å². The van der Waals surface area contributed by atoms with Crippen LogP contribution in [-0.2, 0) is 0 Å². The number of rotatable bonds is 3. The van der Waals surface area contributed by atoms with Crippen LogP contribution in [0.2, 0.25) is 5.02 Å². The summed E-state index contributed by atoms with van der Waals surface area (Å²) in [5, 5.41) is 12.3. The fraction of sp³-hybridized carbons (Fsp3) is 0.278. The van der Waals surface area contributed by atoms with Crippen molar-refractivity contribution >= 4 is 11.6 Å². The molecule has 3 atom stereocenters. The lowest BCUT2D eigenvalue weighted by molar-refractivity contribution is 0.210. The van der Waals surface area contributed by atoms with Crippen molar-refractivity contribution in [1.82, 2.24) is 5.32 Å². The molecule has 2 aromatic rings. The van der Waals surface area contributed by atoms with E-state index in [1.54, 1.807) is 25.1 Å². The maximum Gasteiger partial charge on any atom is 0.132 e. The molecule has 5 heteroatoms. The molecule has 0 aliphatic carbocycles. The Hall–Kier alpha value is -1.96. The Bertz CT molecular complexity index is 745. The van der Waals surface area contributed by atoms with Gasteiger partial charge in [-0.2, -0.15) is 5.26 Å². The average molecular weight is 333 g/mol. The summed E-state index contributed by atoms with van der Waals surface area (Å²) in [6, 6.07) is 11.7. The zero-order chi connectivity index (χ0) is 16.6. The van der Waals surface area contributed by atoms with Crippen molar-refractivity contribution in [3.63, 3.8) is 0 Å². The second-order valence-corrected chi connectivity index (χ2v) is 6.19. The van der Waals surface area contributed by atoms with Crippen molar-refractivity contribution in [1.29, 1.82) is 5.26 Å². The molecule has 2 aromatic carbocycles. The highest BCUT2D eigenvalue weighted by atomic mass is 35.5. The van der Waals surface area contributed by atoms with E-state index in [4.69, 9.17) is 16.9 Å². The predicted octanol–water partition coefficient (Wildman–Crippen LogP) is 4.37. The predicted molar refractivity (Wildman–Crippen MR) is 86.6 cm³/mol. The van der Waals surface area contributed by atoms with Crippen molar-refractivity contribution in [3.8, 4) is 17.2 Å². The minimum absolute atomic E-state index is 0.183. The molecule has 0 unspecified atom stereocenters. The second kappa shape index (κ2) is 6.27. The topological polar surface area (TPSA) is 35.8 Å². The molecule has 0 radical (unpaired) electrons. The minimum Gasteiger partial charge on any atom is -0.295 e. The van der Waals surface area contributed by atoms with E-state index in [1.165, 1.54) is 6.07 Å². The summed E-state index contributed by atoms with van der Waals surface area (Å²) in [5.41, 5.74) is 2.64. The van der Waals surface area contributed by atoms with Gasteiger partial charge in [-0.25, -0.2) is 8.78 Å². The molecule has 118 valence electrons. The zero-order valence-electron chi connectivity index (χ0n) is 12.5. The van der Waals surface area contributed by atoms with E-state index in [1.807, 2.05) is 12.1 Å². The first-order valence-corrected chi connectivity index (χ1v) is 7.70. The molecule has 3 rings (SSSR count). The largest absolute Gasteiger partial charge is 0.295 e. The van der Waals surface area contributed by atoms with Crippen LogP contribution in [0.4, 0.5) is 8.78 Å². The van der Waals surface area contributed by atoms with Gasteiger partial charge in [0, 0.05) is 17.5 Å². The molecule has 2 nitrogen and oxygen atoms in total. The standard InChI is InChI=1S/C18H15ClF2N2/c1-10-6-13(19)17(14(21)7-10)11-2-4-12(5-3-11)18-15(8-20)23-16(18)9-22/h2-7,15-16,18,23H,8H2,1H3/t15-,16-,18+/m0/s1. The van der Waals surface area contributed by atoms with Gasteiger partial charge >= 0.3 is 0 Å². The van der Waals surface area contributed by atoms with Gasteiger partial charge < -0.3 is 0 Å². The van der Waals surface area contributed by atoms with E-state index in [9.17, 15) is 8.78 Å². The van der Waals surface area contributed by atoms with Gasteiger partial charge in [-0.3, -0.25) is 5.32 Å². The number of hydrogen-bond acceptors (Lipinski definition) is 2. The Balaban J connectivity index is 1.93. The molecule has 0 aromatic heterocycles. The van der Waals surface area contributed by atoms with Gasteiger partial charge in [0.25, 0.3) is 0 Å². The smallest absolute Gasteiger partial charge is 0.132 e. The molecular formula is C18H15ClF2N2. The highest BCUT2D eigenvalue weighted by Crippen LogP contribution is 2.36. The van der Waals surface area contributed by atoms with Crippen LogP contribution >= 0.6 is 11.6 Å². The van der Waals surface area contributed by atoms with Crippen LogP contribution in [0.5, 0.6) is 0 Å². The Morgan fingerprint density at radius 2 is 1.96 bits per heavy atom. The monoisotopic (exact) mass is 332 g/mol. The van der Waals surface area contributed by atoms with Crippen molar-refractivity contribution in [2.45, 2.75) is 24.9 Å². The van der Waals surface area contributed by atoms with Crippen molar-refractivity contribution < 1.29 is 8.78 Å². The molecule has 0 spiro atoms. The molecule has 23 heavy (non-hydrogen) atoms. The first-order valence-electron chi connectivity index (χ1n) is 7.32. The Morgan fingerprint density at radius 3 is 2.52 bits per heavy atom. The number of aryl methyl sites for hydroxylation is 1. The van der Waals surface area contributed by atoms with Gasteiger partial charge in [0.2, 0.25) is 0 Å². The molecule has 0 amide bonds. The molecular weight excluding hydrogens is 318 g/mol. The van der Waals surface area contributed by atoms with Gasteiger partial charge in [0.15, 0.2) is 0 Å². The van der Waals surface area contributed by atoms with Crippen LogP contribution in [0.3, 0.4) is 0 Å². The number of nitrogens with one attached hydrogen (secondary N) is 1. The van der Waals surface area contributed by atoms with Crippen molar-refractivity contribution in [2.24, 2.45) is 0 Å². The number of nitriles is 1.